The molecule has 0 unspecified atom stereocenters. The summed E-state index contributed by atoms with van der Waals surface area (Å²) < 4.78 is 56.5. The Morgan fingerprint density at radius 2 is 1.81 bits per heavy atom. The van der Waals surface area contributed by atoms with Crippen LogP contribution in [0.25, 0.3) is 16.3 Å². The second kappa shape index (κ2) is 8.29. The van der Waals surface area contributed by atoms with Gasteiger partial charge < -0.3 is 14.3 Å². The van der Waals surface area contributed by atoms with Gasteiger partial charge in [-0.15, -0.1) is 0 Å². The minimum atomic E-state index is -2.65. The molecule has 3 aromatic heterocycles. The number of alkyl halides is 2. The number of amides is 1. The van der Waals surface area contributed by atoms with Crippen molar-refractivity contribution in [2.45, 2.75) is 39.3 Å². The third kappa shape index (κ3) is 3.65. The van der Waals surface area contributed by atoms with Gasteiger partial charge in [0.05, 0.1) is 17.5 Å². The third-order valence-corrected chi connectivity index (χ3v) is 7.15. The first-order valence-corrected chi connectivity index (χ1v) is 11.6. The first-order chi connectivity index (χ1) is 17.3. The Kier molecular flexibility index (Phi) is 5.54. The molecule has 0 aliphatic carbocycles. The van der Waals surface area contributed by atoms with Crippen LogP contribution in [0.4, 0.5) is 17.6 Å². The number of carbonyl (C=O) groups excluding carboxylic acids is 1. The molecule has 0 fully saturated rings. The smallest absolute Gasteiger partial charge is 0.263 e. The van der Waals surface area contributed by atoms with Crippen LogP contribution < -0.4 is 5.56 Å². The number of fused-ring (bicyclic) bond motifs is 4. The zero-order valence-corrected chi connectivity index (χ0v) is 20.6. The third-order valence-electron chi connectivity index (χ3n) is 7.15. The monoisotopic (exact) mass is 512 g/mol. The summed E-state index contributed by atoms with van der Waals surface area (Å²) in [6.07, 6.45) is 1.96. The second-order valence-electron chi connectivity index (χ2n) is 10.3. The number of hydrogen-bond donors (Lipinski definition) is 1. The Labute approximate surface area is 209 Å². The maximum atomic E-state index is 14.5. The first-order valence-electron chi connectivity index (χ1n) is 11.6. The number of pyridine rings is 2. The van der Waals surface area contributed by atoms with E-state index < -0.39 is 40.5 Å². The largest absolute Gasteiger partial charge is 0.326 e. The van der Waals surface area contributed by atoms with Gasteiger partial charge in [0.15, 0.2) is 11.6 Å². The Morgan fingerprint density at radius 1 is 1.14 bits per heavy atom. The number of rotatable bonds is 3. The number of H-pyrrole nitrogens is 1. The van der Waals surface area contributed by atoms with Crippen LogP contribution in [-0.2, 0) is 12.1 Å². The van der Waals surface area contributed by atoms with E-state index in [4.69, 9.17) is 0 Å². The summed E-state index contributed by atoms with van der Waals surface area (Å²) in [7, 11) is 1.57. The molecule has 0 saturated heterocycles. The highest BCUT2D eigenvalue weighted by Crippen LogP contribution is 2.48. The number of aromatic nitrogens is 2. The molecule has 1 N–H and O–H groups in total. The second-order valence-corrected chi connectivity index (χ2v) is 10.3. The van der Waals surface area contributed by atoms with Crippen molar-refractivity contribution in [3.63, 3.8) is 0 Å². The van der Waals surface area contributed by atoms with E-state index in [9.17, 15) is 27.2 Å². The van der Waals surface area contributed by atoms with Gasteiger partial charge in [-0.05, 0) is 41.1 Å². The maximum Gasteiger partial charge on any atom is 0.263 e. The first kappa shape index (κ1) is 24.7. The lowest BCUT2D eigenvalue weighted by Crippen LogP contribution is -2.58. The molecule has 192 valence electrons. The van der Waals surface area contributed by atoms with Crippen LogP contribution in [0, 0.1) is 17.0 Å². The zero-order valence-electron chi connectivity index (χ0n) is 20.6. The van der Waals surface area contributed by atoms with Crippen molar-refractivity contribution in [1.82, 2.24) is 14.3 Å². The normalized spacial score (nSPS) is 17.5. The molecule has 1 amide bonds. The Hall–Kier alpha value is -3.95. The lowest BCUT2D eigenvalue weighted by atomic mass is 9.66. The van der Waals surface area contributed by atoms with E-state index in [0.29, 0.717) is 16.8 Å². The molecule has 10 heteroatoms. The average molecular weight is 513 g/mol. The number of benzene rings is 1. The van der Waals surface area contributed by atoms with Gasteiger partial charge in [0, 0.05) is 48.0 Å². The van der Waals surface area contributed by atoms with Crippen molar-refractivity contribution in [3.8, 4) is 0 Å². The molecule has 6 nitrogen and oxygen atoms in total. The van der Waals surface area contributed by atoms with Crippen LogP contribution in [0.15, 0.2) is 52.5 Å². The Balaban J connectivity index is 1.74. The number of aliphatic imine (C=N–C) groups is 1. The average Bonchev–Trinajstić information content (AvgIpc) is 3.26. The fourth-order valence-electron chi connectivity index (χ4n) is 5.32. The SMILES string of the molecule is CN(C(=O)c1cc2cc(C(F)F)ccn2c1)[C@@]1(C(C)(C)C)C=NCc2[nH]c(=O)c3cc(F)c(F)cc3c21. The van der Waals surface area contributed by atoms with Crippen LogP contribution >= 0.6 is 0 Å². The molecule has 5 rings (SSSR count). The number of halogens is 4. The number of aromatic amines is 1. The van der Waals surface area contributed by atoms with Gasteiger partial charge >= 0.3 is 0 Å². The van der Waals surface area contributed by atoms with Crippen LogP contribution in [0.2, 0.25) is 0 Å². The molecule has 4 aromatic rings. The molecule has 4 heterocycles. The van der Waals surface area contributed by atoms with Gasteiger partial charge in [0.1, 0.15) is 5.54 Å². The Bertz CT molecular complexity index is 1670. The van der Waals surface area contributed by atoms with Crippen LogP contribution in [0.5, 0.6) is 0 Å². The van der Waals surface area contributed by atoms with Crippen molar-refractivity contribution >= 4 is 28.4 Å². The van der Waals surface area contributed by atoms with Crippen molar-refractivity contribution in [2.75, 3.05) is 7.05 Å². The van der Waals surface area contributed by atoms with E-state index in [1.807, 2.05) is 20.8 Å². The van der Waals surface area contributed by atoms with Gasteiger partial charge in [-0.2, -0.15) is 0 Å². The number of hydrogen-bond acceptors (Lipinski definition) is 3. The summed E-state index contributed by atoms with van der Waals surface area (Å²) in [6, 6.07) is 5.95. The maximum absolute atomic E-state index is 14.5. The number of nitrogens with one attached hydrogen (secondary N) is 1. The van der Waals surface area contributed by atoms with Crippen LogP contribution in [0.1, 0.15) is 54.4 Å². The molecule has 1 aliphatic rings. The van der Waals surface area contributed by atoms with Crippen LogP contribution in [0.3, 0.4) is 0 Å². The highest BCUT2D eigenvalue weighted by Gasteiger charge is 2.51. The van der Waals surface area contributed by atoms with Crippen LogP contribution in [-0.4, -0.2) is 33.5 Å². The summed E-state index contributed by atoms with van der Waals surface area (Å²) >= 11 is 0. The topological polar surface area (TPSA) is 69.9 Å². The van der Waals surface area contributed by atoms with Gasteiger partial charge in [-0.1, -0.05) is 20.8 Å². The molecule has 1 atom stereocenters. The van der Waals surface area contributed by atoms with Gasteiger partial charge in [-0.25, -0.2) is 17.6 Å². The van der Waals surface area contributed by atoms with Crippen molar-refractivity contribution in [3.05, 3.63) is 87.1 Å². The predicted octanol–water partition coefficient (Wildman–Crippen LogP) is 5.59. The minimum absolute atomic E-state index is 0.0449. The van der Waals surface area contributed by atoms with E-state index in [1.165, 1.54) is 29.3 Å². The molecule has 0 spiro atoms. The van der Waals surface area contributed by atoms with E-state index >= 15 is 0 Å². The highest BCUT2D eigenvalue weighted by molar-refractivity contribution is 6.01. The lowest BCUT2D eigenvalue weighted by molar-refractivity contribution is 0.0432. The minimum Gasteiger partial charge on any atom is -0.326 e. The fraction of sp³-hybridized carbons (Fsp3) is 0.296. The lowest BCUT2D eigenvalue weighted by Gasteiger charge is -2.50. The molecule has 0 saturated carbocycles. The summed E-state index contributed by atoms with van der Waals surface area (Å²) in [5, 5.41) is 0.138. The van der Waals surface area contributed by atoms with E-state index in [-0.39, 0.29) is 28.4 Å². The van der Waals surface area contributed by atoms with E-state index in [1.54, 1.807) is 23.9 Å². The van der Waals surface area contributed by atoms with Gasteiger partial charge in [0.25, 0.3) is 17.9 Å². The van der Waals surface area contributed by atoms with Crippen molar-refractivity contribution in [1.29, 1.82) is 0 Å². The molecular formula is C27H24F4N4O2. The van der Waals surface area contributed by atoms with Gasteiger partial charge in [0.2, 0.25) is 0 Å². The molecule has 0 bridgehead atoms. The molecule has 0 radical (unpaired) electrons. The summed E-state index contributed by atoms with van der Waals surface area (Å²) in [5.41, 5.74) is -1.28. The van der Waals surface area contributed by atoms with E-state index in [2.05, 4.69) is 9.98 Å². The van der Waals surface area contributed by atoms with Crippen molar-refractivity contribution in [2.24, 2.45) is 10.4 Å². The number of nitrogens with zero attached hydrogens (tertiary/aromatic N) is 3. The molecule has 1 aliphatic heterocycles. The van der Waals surface area contributed by atoms with E-state index in [0.717, 1.165) is 12.1 Å². The zero-order chi connectivity index (χ0) is 26.9. The van der Waals surface area contributed by atoms with Crippen molar-refractivity contribution < 1.29 is 22.4 Å². The molecule has 1 aromatic carbocycles. The summed E-state index contributed by atoms with van der Waals surface area (Å²) in [4.78, 5) is 35.3. The van der Waals surface area contributed by atoms with Gasteiger partial charge in [-0.3, -0.25) is 14.6 Å². The molecule has 37 heavy (non-hydrogen) atoms. The Morgan fingerprint density at radius 3 is 2.46 bits per heavy atom. The molecular weight excluding hydrogens is 488 g/mol. The number of carbonyl (C=O) groups is 1. The standard InChI is InChI=1S/C27H24F4N4O2/c1-26(2,3)27(34(4)25(37)15-8-16-7-14(23(30)31)5-6-35(16)12-15)13-32-11-21-22(27)17-9-19(28)20(29)10-18(17)24(36)33-21/h5-10,12-13,23H,11H2,1-4H3,(H,33,36)/t27-/m0/s1. The fourth-order valence-corrected chi connectivity index (χ4v) is 5.32. The summed E-state index contributed by atoms with van der Waals surface area (Å²) in [6.45, 7) is 5.71. The predicted molar refractivity (Wildman–Crippen MR) is 132 cm³/mol. The quantitative estimate of drug-likeness (QED) is 0.364. The summed E-state index contributed by atoms with van der Waals surface area (Å²) in [5.74, 6) is -2.72. The highest BCUT2D eigenvalue weighted by atomic mass is 19.3.